The van der Waals surface area contributed by atoms with E-state index >= 15 is 0 Å². The summed E-state index contributed by atoms with van der Waals surface area (Å²) in [5.74, 6) is -1.03. The molecular weight excluding hydrogens is 350 g/mol. The largest absolute Gasteiger partial charge is 0.494 e. The fourth-order valence-electron chi connectivity index (χ4n) is 2.80. The molecule has 5 nitrogen and oxygen atoms in total. The quantitative estimate of drug-likeness (QED) is 0.832. The Kier molecular flexibility index (Phi) is 4.91. The minimum Gasteiger partial charge on any atom is -0.494 e. The number of methoxy groups -OCH3 is 1. The number of benzene rings is 2. The van der Waals surface area contributed by atoms with E-state index in [2.05, 4.69) is 0 Å². The van der Waals surface area contributed by atoms with Gasteiger partial charge in [0.05, 0.1) is 12.0 Å². The number of piperazine rings is 1. The maximum absolute atomic E-state index is 13.8. The highest BCUT2D eigenvalue weighted by molar-refractivity contribution is 7.89. The molecule has 0 unspecified atom stereocenters. The van der Waals surface area contributed by atoms with E-state index in [-0.39, 0.29) is 29.6 Å². The highest BCUT2D eigenvalue weighted by atomic mass is 32.2. The molecule has 1 fully saturated rings. The number of nitrogens with zero attached hydrogens (tertiary/aromatic N) is 2. The van der Waals surface area contributed by atoms with Gasteiger partial charge in [-0.25, -0.2) is 17.2 Å². The third kappa shape index (κ3) is 3.59. The van der Waals surface area contributed by atoms with E-state index in [0.29, 0.717) is 13.1 Å². The molecule has 1 aliphatic heterocycles. The predicted octanol–water partition coefficient (Wildman–Crippen LogP) is 2.48. The van der Waals surface area contributed by atoms with Crippen LogP contribution in [0.3, 0.4) is 0 Å². The number of rotatable bonds is 4. The monoisotopic (exact) mass is 368 g/mol. The molecule has 0 aromatic heterocycles. The van der Waals surface area contributed by atoms with Crippen molar-refractivity contribution in [2.45, 2.75) is 4.90 Å². The molecule has 25 heavy (non-hydrogen) atoms. The van der Waals surface area contributed by atoms with E-state index in [9.17, 15) is 17.2 Å². The van der Waals surface area contributed by atoms with Crippen molar-refractivity contribution in [1.82, 2.24) is 4.31 Å². The van der Waals surface area contributed by atoms with Gasteiger partial charge < -0.3 is 9.64 Å². The predicted molar refractivity (Wildman–Crippen MR) is 90.3 cm³/mol. The molecule has 1 heterocycles. The van der Waals surface area contributed by atoms with E-state index in [4.69, 9.17) is 4.74 Å². The van der Waals surface area contributed by atoms with Crippen LogP contribution >= 0.6 is 0 Å². The molecule has 0 radical (unpaired) electrons. The van der Waals surface area contributed by atoms with Crippen molar-refractivity contribution < 1.29 is 21.9 Å². The maximum atomic E-state index is 13.8. The summed E-state index contributed by atoms with van der Waals surface area (Å²) in [5.41, 5.74) is 0.842. The first-order chi connectivity index (χ1) is 11.9. The van der Waals surface area contributed by atoms with E-state index in [1.807, 2.05) is 4.90 Å². The highest BCUT2D eigenvalue weighted by Crippen LogP contribution is 2.25. The van der Waals surface area contributed by atoms with Gasteiger partial charge in [0, 0.05) is 31.9 Å². The first kappa shape index (κ1) is 17.6. The van der Waals surface area contributed by atoms with Gasteiger partial charge in [0.2, 0.25) is 10.0 Å². The third-order valence-corrected chi connectivity index (χ3v) is 6.09. The Labute approximate surface area is 145 Å². The summed E-state index contributed by atoms with van der Waals surface area (Å²) in [7, 11) is -2.45. The summed E-state index contributed by atoms with van der Waals surface area (Å²) in [6, 6.07) is 9.69. The fraction of sp³-hybridized carbons (Fsp3) is 0.294. The third-order valence-electron chi connectivity index (χ3n) is 4.19. The zero-order chi connectivity index (χ0) is 18.0. The minimum atomic E-state index is -3.77. The van der Waals surface area contributed by atoms with Gasteiger partial charge in [-0.15, -0.1) is 0 Å². The molecule has 0 amide bonds. The Morgan fingerprint density at radius 2 is 1.60 bits per heavy atom. The molecule has 0 bridgehead atoms. The fourth-order valence-corrected chi connectivity index (χ4v) is 4.23. The average molecular weight is 368 g/mol. The molecule has 134 valence electrons. The highest BCUT2D eigenvalue weighted by Gasteiger charge is 2.29. The number of sulfonamides is 1. The van der Waals surface area contributed by atoms with Crippen LogP contribution in [-0.2, 0) is 10.0 Å². The van der Waals surface area contributed by atoms with E-state index in [0.717, 1.165) is 11.8 Å². The number of hydrogen-bond acceptors (Lipinski definition) is 4. The summed E-state index contributed by atoms with van der Waals surface area (Å²) >= 11 is 0. The van der Waals surface area contributed by atoms with Crippen LogP contribution < -0.4 is 9.64 Å². The average Bonchev–Trinajstić information content (AvgIpc) is 2.62. The number of halogens is 2. The first-order valence-corrected chi connectivity index (χ1v) is 9.20. The lowest BCUT2D eigenvalue weighted by atomic mass is 10.2. The molecule has 1 saturated heterocycles. The number of ether oxygens (including phenoxy) is 1. The van der Waals surface area contributed by atoms with E-state index in [1.54, 1.807) is 12.1 Å². The van der Waals surface area contributed by atoms with Crippen LogP contribution in [0.5, 0.6) is 5.75 Å². The van der Waals surface area contributed by atoms with Crippen molar-refractivity contribution in [3.05, 3.63) is 54.1 Å². The standard InChI is InChI=1S/C17H18F2N2O3S/c1-24-17-7-6-15(12-16(17)19)25(22,23)21-10-8-20(9-11-21)14-4-2-13(18)3-5-14/h2-7,12H,8-11H2,1H3. The van der Waals surface area contributed by atoms with Gasteiger partial charge >= 0.3 is 0 Å². The van der Waals surface area contributed by atoms with Gasteiger partial charge in [-0.2, -0.15) is 4.31 Å². The van der Waals surface area contributed by atoms with Crippen molar-refractivity contribution in [3.63, 3.8) is 0 Å². The second-order valence-electron chi connectivity index (χ2n) is 5.66. The molecule has 3 rings (SSSR count). The van der Waals surface area contributed by atoms with Gasteiger partial charge in [0.15, 0.2) is 11.6 Å². The van der Waals surface area contributed by atoms with Crippen LogP contribution in [0.4, 0.5) is 14.5 Å². The van der Waals surface area contributed by atoms with Crippen molar-refractivity contribution in [2.24, 2.45) is 0 Å². The Bertz CT molecular complexity index is 849. The maximum Gasteiger partial charge on any atom is 0.243 e. The molecule has 2 aromatic carbocycles. The molecular formula is C17H18F2N2O3S. The van der Waals surface area contributed by atoms with Crippen LogP contribution in [0.1, 0.15) is 0 Å². The van der Waals surface area contributed by atoms with Gasteiger partial charge in [0.25, 0.3) is 0 Å². The minimum absolute atomic E-state index is 0.0000733. The van der Waals surface area contributed by atoms with Crippen LogP contribution in [0, 0.1) is 11.6 Å². The molecule has 2 aromatic rings. The van der Waals surface area contributed by atoms with Gasteiger partial charge in [-0.05, 0) is 42.5 Å². The SMILES string of the molecule is COc1ccc(S(=O)(=O)N2CCN(c3ccc(F)cc3)CC2)cc1F. The molecule has 0 aliphatic carbocycles. The molecule has 0 saturated carbocycles. The molecule has 1 aliphatic rings. The second-order valence-corrected chi connectivity index (χ2v) is 7.60. The van der Waals surface area contributed by atoms with Crippen LogP contribution in [-0.4, -0.2) is 46.0 Å². The Morgan fingerprint density at radius 3 is 2.16 bits per heavy atom. The zero-order valence-electron chi connectivity index (χ0n) is 13.7. The Morgan fingerprint density at radius 1 is 0.960 bits per heavy atom. The van der Waals surface area contributed by atoms with Gasteiger partial charge in [-0.1, -0.05) is 0 Å². The van der Waals surface area contributed by atoms with E-state index in [1.165, 1.54) is 35.7 Å². The molecule has 0 atom stereocenters. The van der Waals surface area contributed by atoms with Crippen molar-refractivity contribution >= 4 is 15.7 Å². The summed E-state index contributed by atoms with van der Waals surface area (Å²) < 4.78 is 58.3. The molecule has 0 spiro atoms. The Hall–Kier alpha value is -2.19. The van der Waals surface area contributed by atoms with Crippen LogP contribution in [0.25, 0.3) is 0 Å². The lowest BCUT2D eigenvalue weighted by Crippen LogP contribution is -2.48. The second kappa shape index (κ2) is 6.97. The summed E-state index contributed by atoms with van der Waals surface area (Å²) in [5, 5.41) is 0. The van der Waals surface area contributed by atoms with Crippen LogP contribution in [0.15, 0.2) is 47.4 Å². The smallest absolute Gasteiger partial charge is 0.243 e. The van der Waals surface area contributed by atoms with Crippen molar-refractivity contribution in [1.29, 1.82) is 0 Å². The van der Waals surface area contributed by atoms with Crippen LogP contribution in [0.2, 0.25) is 0 Å². The van der Waals surface area contributed by atoms with Crippen molar-refractivity contribution in [3.8, 4) is 5.75 Å². The summed E-state index contributed by atoms with van der Waals surface area (Å²) in [6.07, 6.45) is 0. The van der Waals surface area contributed by atoms with Gasteiger partial charge in [0.1, 0.15) is 5.82 Å². The lowest BCUT2D eigenvalue weighted by Gasteiger charge is -2.35. The number of anilines is 1. The normalized spacial score (nSPS) is 16.0. The zero-order valence-corrected chi connectivity index (χ0v) is 14.5. The summed E-state index contributed by atoms with van der Waals surface area (Å²) in [4.78, 5) is 1.89. The molecule has 0 N–H and O–H groups in total. The van der Waals surface area contributed by atoms with Gasteiger partial charge in [-0.3, -0.25) is 0 Å². The Balaban J connectivity index is 1.73. The lowest BCUT2D eigenvalue weighted by molar-refractivity contribution is 0.380. The van der Waals surface area contributed by atoms with E-state index < -0.39 is 15.8 Å². The van der Waals surface area contributed by atoms with Crippen molar-refractivity contribution in [2.75, 3.05) is 38.2 Å². The first-order valence-electron chi connectivity index (χ1n) is 7.76. The molecule has 8 heteroatoms. The summed E-state index contributed by atoms with van der Waals surface area (Å²) in [6.45, 7) is 1.49. The number of hydrogen-bond donors (Lipinski definition) is 0. The topological polar surface area (TPSA) is 49.9 Å².